The number of ether oxygens (including phenoxy) is 1. The molecule has 164 valence electrons. The predicted molar refractivity (Wildman–Crippen MR) is 131 cm³/mol. The zero-order valence-electron chi connectivity index (χ0n) is 18.7. The van der Waals surface area contributed by atoms with Crippen LogP contribution >= 0.6 is 0 Å². The summed E-state index contributed by atoms with van der Waals surface area (Å²) in [7, 11) is 3.46. The van der Waals surface area contributed by atoms with Crippen LogP contribution in [0.2, 0.25) is 0 Å². The lowest BCUT2D eigenvalue weighted by molar-refractivity contribution is 0.0601. The summed E-state index contributed by atoms with van der Waals surface area (Å²) in [4.78, 5) is 19.4. The summed E-state index contributed by atoms with van der Waals surface area (Å²) < 4.78 is 4.91. The number of aromatic nitrogens is 3. The molecule has 0 bridgehead atoms. The number of aromatic amines is 1. The minimum atomic E-state index is -0.362. The first-order valence-corrected chi connectivity index (χ1v) is 10.8. The summed E-state index contributed by atoms with van der Waals surface area (Å²) in [5, 5.41) is 9.06. The van der Waals surface area contributed by atoms with Crippen LogP contribution in [0.15, 0.2) is 79.0 Å². The van der Waals surface area contributed by atoms with E-state index in [0.29, 0.717) is 5.56 Å². The number of pyridine rings is 1. The summed E-state index contributed by atoms with van der Waals surface area (Å²) in [5.41, 5.74) is 6.36. The van der Waals surface area contributed by atoms with Gasteiger partial charge in [0.25, 0.3) is 0 Å². The van der Waals surface area contributed by atoms with Gasteiger partial charge in [0.05, 0.1) is 47.3 Å². The average molecular weight is 437 g/mol. The third-order valence-electron chi connectivity index (χ3n) is 6.17. The Bertz CT molecular complexity index is 1460. The molecule has 0 amide bonds. The van der Waals surface area contributed by atoms with Crippen molar-refractivity contribution in [1.82, 2.24) is 15.2 Å². The van der Waals surface area contributed by atoms with Gasteiger partial charge in [0, 0.05) is 23.4 Å². The van der Waals surface area contributed by atoms with Crippen molar-refractivity contribution in [3.63, 3.8) is 0 Å². The topological polar surface area (TPSA) is 71.1 Å². The molecule has 1 N–H and O–H groups in total. The quantitative estimate of drug-likeness (QED) is 0.355. The maximum atomic E-state index is 12.1. The number of hydrogen-bond donors (Lipinski definition) is 1. The van der Waals surface area contributed by atoms with Crippen molar-refractivity contribution in [2.75, 3.05) is 19.1 Å². The number of nitrogens with one attached hydrogen (secondary N) is 1. The van der Waals surface area contributed by atoms with Gasteiger partial charge >= 0.3 is 5.97 Å². The van der Waals surface area contributed by atoms with Crippen molar-refractivity contribution in [2.24, 2.45) is 0 Å². The van der Waals surface area contributed by atoms with Gasteiger partial charge in [0.2, 0.25) is 0 Å². The fraction of sp³-hybridized carbons (Fsp3) is 0.148. The monoisotopic (exact) mass is 436 g/mol. The molecule has 0 aliphatic carbocycles. The highest BCUT2D eigenvalue weighted by molar-refractivity contribution is 5.97. The molecule has 0 fully saturated rings. The van der Waals surface area contributed by atoms with Crippen molar-refractivity contribution >= 4 is 33.5 Å². The number of rotatable bonds is 5. The molecular weight excluding hydrogens is 412 g/mol. The number of carbonyl (C=O) groups excluding carboxylic acids is 1. The van der Waals surface area contributed by atoms with E-state index in [1.54, 1.807) is 6.07 Å². The molecule has 5 aromatic rings. The van der Waals surface area contributed by atoms with E-state index in [1.165, 1.54) is 12.7 Å². The first-order valence-electron chi connectivity index (χ1n) is 10.8. The molecule has 0 aliphatic heterocycles. The number of nitrogens with zero attached hydrogens (tertiary/aromatic N) is 3. The van der Waals surface area contributed by atoms with Gasteiger partial charge in [-0.2, -0.15) is 5.10 Å². The SMILES string of the molecule is COC(=O)c1ccc2nc(-c3ccc4[nH]ncc4c3)c(N(C)[C@@H](C)c3ccccc3)cc2c1. The fourth-order valence-corrected chi connectivity index (χ4v) is 4.15. The Morgan fingerprint density at radius 3 is 2.61 bits per heavy atom. The predicted octanol–water partition coefficient (Wildman–Crippen LogP) is 5.76. The van der Waals surface area contributed by atoms with Crippen LogP contribution in [0.4, 0.5) is 5.69 Å². The van der Waals surface area contributed by atoms with Gasteiger partial charge in [-0.05, 0) is 48.9 Å². The van der Waals surface area contributed by atoms with Crippen molar-refractivity contribution in [2.45, 2.75) is 13.0 Å². The number of carbonyl (C=O) groups is 1. The van der Waals surface area contributed by atoms with E-state index in [4.69, 9.17) is 9.72 Å². The second-order valence-electron chi connectivity index (χ2n) is 8.12. The molecule has 6 heteroatoms. The van der Waals surface area contributed by atoms with Gasteiger partial charge in [-0.3, -0.25) is 5.10 Å². The summed E-state index contributed by atoms with van der Waals surface area (Å²) in [5.74, 6) is -0.362. The standard InChI is InChI=1S/C27H24N4O2/c1-17(18-7-5-4-6-8-18)31(2)25-15-21-14-20(27(32)33-3)10-11-23(21)29-26(25)19-9-12-24-22(13-19)16-28-30-24/h4-17H,1-3H3,(H,28,30)/t17-/m0/s1. The fourth-order valence-electron chi connectivity index (χ4n) is 4.15. The zero-order chi connectivity index (χ0) is 22.9. The normalized spacial score (nSPS) is 12.1. The van der Waals surface area contributed by atoms with Gasteiger partial charge in [-0.25, -0.2) is 9.78 Å². The van der Waals surface area contributed by atoms with Crippen LogP contribution < -0.4 is 4.90 Å². The number of H-pyrrole nitrogens is 1. The van der Waals surface area contributed by atoms with Crippen LogP contribution in [0.5, 0.6) is 0 Å². The third-order valence-corrected chi connectivity index (χ3v) is 6.17. The largest absolute Gasteiger partial charge is 0.465 e. The number of esters is 1. The van der Waals surface area contributed by atoms with Crippen LogP contribution in [0, 0.1) is 0 Å². The minimum Gasteiger partial charge on any atom is -0.465 e. The van der Waals surface area contributed by atoms with E-state index >= 15 is 0 Å². The van der Waals surface area contributed by atoms with Gasteiger partial charge < -0.3 is 9.64 Å². The Morgan fingerprint density at radius 1 is 1.00 bits per heavy atom. The Morgan fingerprint density at radius 2 is 1.82 bits per heavy atom. The molecule has 2 aromatic heterocycles. The second-order valence-corrected chi connectivity index (χ2v) is 8.12. The smallest absolute Gasteiger partial charge is 0.337 e. The molecule has 2 heterocycles. The number of methoxy groups -OCH3 is 1. The first-order chi connectivity index (χ1) is 16.0. The van der Waals surface area contributed by atoms with E-state index in [0.717, 1.165) is 38.8 Å². The second kappa shape index (κ2) is 8.39. The molecule has 3 aromatic carbocycles. The highest BCUT2D eigenvalue weighted by Gasteiger charge is 2.19. The van der Waals surface area contributed by atoms with Gasteiger partial charge in [0.15, 0.2) is 0 Å². The van der Waals surface area contributed by atoms with Gasteiger partial charge in [-0.15, -0.1) is 0 Å². The van der Waals surface area contributed by atoms with E-state index in [-0.39, 0.29) is 12.0 Å². The molecule has 1 atom stereocenters. The number of fused-ring (bicyclic) bond motifs is 2. The molecule has 0 saturated heterocycles. The lowest BCUT2D eigenvalue weighted by Gasteiger charge is -2.29. The van der Waals surface area contributed by atoms with Crippen molar-refractivity contribution in [3.05, 3.63) is 90.1 Å². The molecule has 0 saturated carbocycles. The van der Waals surface area contributed by atoms with Crippen molar-refractivity contribution < 1.29 is 9.53 Å². The highest BCUT2D eigenvalue weighted by Crippen LogP contribution is 2.37. The highest BCUT2D eigenvalue weighted by atomic mass is 16.5. The molecular formula is C27H24N4O2. The maximum Gasteiger partial charge on any atom is 0.337 e. The zero-order valence-corrected chi connectivity index (χ0v) is 18.7. The molecule has 33 heavy (non-hydrogen) atoms. The number of benzene rings is 3. The minimum absolute atomic E-state index is 0.116. The summed E-state index contributed by atoms with van der Waals surface area (Å²) >= 11 is 0. The summed E-state index contributed by atoms with van der Waals surface area (Å²) in [6, 6.07) is 24.2. The Kier molecular flexibility index (Phi) is 5.26. The van der Waals surface area contributed by atoms with Crippen LogP contribution in [0.1, 0.15) is 28.9 Å². The van der Waals surface area contributed by atoms with E-state index < -0.39 is 0 Å². The molecule has 0 aliphatic rings. The molecule has 0 radical (unpaired) electrons. The first kappa shape index (κ1) is 20.7. The van der Waals surface area contributed by atoms with Crippen LogP contribution in [-0.4, -0.2) is 35.3 Å². The summed E-state index contributed by atoms with van der Waals surface area (Å²) in [6.45, 7) is 2.17. The van der Waals surface area contributed by atoms with E-state index in [2.05, 4.69) is 71.5 Å². The van der Waals surface area contributed by atoms with Gasteiger partial charge in [-0.1, -0.05) is 36.4 Å². The van der Waals surface area contributed by atoms with Crippen molar-refractivity contribution in [3.8, 4) is 11.3 Å². The van der Waals surface area contributed by atoms with E-state index in [1.807, 2.05) is 30.5 Å². The Labute approximate surface area is 191 Å². The number of anilines is 1. The summed E-state index contributed by atoms with van der Waals surface area (Å²) in [6.07, 6.45) is 1.82. The lowest BCUT2D eigenvalue weighted by atomic mass is 10.0. The Balaban J connectivity index is 1.70. The van der Waals surface area contributed by atoms with Crippen LogP contribution in [0.3, 0.4) is 0 Å². The van der Waals surface area contributed by atoms with Crippen LogP contribution in [0.25, 0.3) is 33.1 Å². The van der Waals surface area contributed by atoms with E-state index in [9.17, 15) is 4.79 Å². The Hall–Kier alpha value is -4.19. The molecule has 0 spiro atoms. The van der Waals surface area contributed by atoms with Crippen molar-refractivity contribution in [1.29, 1.82) is 0 Å². The van der Waals surface area contributed by atoms with Gasteiger partial charge in [0.1, 0.15) is 0 Å². The third kappa shape index (κ3) is 3.80. The maximum absolute atomic E-state index is 12.1. The molecule has 5 rings (SSSR count). The number of hydrogen-bond acceptors (Lipinski definition) is 5. The average Bonchev–Trinajstić information content (AvgIpc) is 3.34. The molecule has 0 unspecified atom stereocenters. The van der Waals surface area contributed by atoms with Crippen LogP contribution in [-0.2, 0) is 4.74 Å². The molecule has 6 nitrogen and oxygen atoms in total. The lowest BCUT2D eigenvalue weighted by Crippen LogP contribution is -2.22.